The van der Waals surface area contributed by atoms with Crippen molar-refractivity contribution in [2.75, 3.05) is 11.1 Å². The average molecular weight is 399 g/mol. The number of thioether (sulfide) groups is 1. The molecule has 0 bridgehead atoms. The Kier molecular flexibility index (Phi) is 6.24. The van der Waals surface area contributed by atoms with Gasteiger partial charge >= 0.3 is 0 Å². The first-order valence-corrected chi connectivity index (χ1v) is 8.39. The van der Waals surface area contributed by atoms with E-state index in [9.17, 15) is 9.18 Å². The highest BCUT2D eigenvalue weighted by molar-refractivity contribution is 8.00. The van der Waals surface area contributed by atoms with E-state index in [-0.39, 0.29) is 26.7 Å². The molecule has 2 aromatic carbocycles. The van der Waals surface area contributed by atoms with Gasteiger partial charge in [-0.05, 0) is 30.3 Å². The van der Waals surface area contributed by atoms with Crippen LogP contribution in [-0.4, -0.2) is 11.7 Å². The Morgan fingerprint density at radius 3 is 2.27 bits per heavy atom. The molecule has 8 heteroatoms. The zero-order valence-corrected chi connectivity index (χ0v) is 14.6. The largest absolute Gasteiger partial charge is 0.323 e. The topological polar surface area (TPSA) is 29.1 Å². The molecule has 0 aromatic heterocycles. The van der Waals surface area contributed by atoms with Crippen molar-refractivity contribution in [2.24, 2.45) is 0 Å². The number of carbonyl (C=O) groups excluding carboxylic acids is 1. The highest BCUT2D eigenvalue weighted by Gasteiger charge is 2.12. The highest BCUT2D eigenvalue weighted by Crippen LogP contribution is 2.34. The van der Waals surface area contributed by atoms with Crippen molar-refractivity contribution < 1.29 is 9.18 Å². The van der Waals surface area contributed by atoms with Crippen molar-refractivity contribution in [3.63, 3.8) is 0 Å². The predicted octanol–water partition coefficient (Wildman–Crippen LogP) is 6.17. The Bertz CT molecular complexity index is 703. The van der Waals surface area contributed by atoms with Crippen LogP contribution in [-0.2, 0) is 4.79 Å². The van der Waals surface area contributed by atoms with Crippen LogP contribution in [0.25, 0.3) is 0 Å². The maximum atomic E-state index is 13.0. The number of hydrogen-bond donors (Lipinski definition) is 1. The lowest BCUT2D eigenvalue weighted by molar-refractivity contribution is -0.113. The summed E-state index contributed by atoms with van der Waals surface area (Å²) < 4.78 is 13.0. The third-order valence-electron chi connectivity index (χ3n) is 2.53. The average Bonchev–Trinajstić information content (AvgIpc) is 2.44. The standard InChI is InChI=1S/C14H8Cl4FNOS/c15-7-3-10(17)14(11(18)4-7)20-13(21)6-22-8-1-2-12(19)9(16)5-8/h1-5H,6H2,(H,20,21). The van der Waals surface area contributed by atoms with E-state index in [2.05, 4.69) is 5.32 Å². The molecule has 0 radical (unpaired) electrons. The summed E-state index contributed by atoms with van der Waals surface area (Å²) in [6.45, 7) is 0. The highest BCUT2D eigenvalue weighted by atomic mass is 35.5. The van der Waals surface area contributed by atoms with Gasteiger partial charge in [0.15, 0.2) is 0 Å². The van der Waals surface area contributed by atoms with Gasteiger partial charge in [0.25, 0.3) is 0 Å². The van der Waals surface area contributed by atoms with Crippen molar-refractivity contribution in [3.05, 3.63) is 56.2 Å². The van der Waals surface area contributed by atoms with Gasteiger partial charge in [0.2, 0.25) is 5.91 Å². The summed E-state index contributed by atoms with van der Waals surface area (Å²) in [6, 6.07) is 7.21. The van der Waals surface area contributed by atoms with Gasteiger partial charge in [-0.1, -0.05) is 46.4 Å². The number of amides is 1. The zero-order valence-electron chi connectivity index (χ0n) is 10.8. The van der Waals surface area contributed by atoms with Crippen LogP contribution in [0.15, 0.2) is 35.2 Å². The Morgan fingerprint density at radius 2 is 1.68 bits per heavy atom. The minimum atomic E-state index is -0.504. The van der Waals surface area contributed by atoms with Crippen LogP contribution in [0.3, 0.4) is 0 Å². The summed E-state index contributed by atoms with van der Waals surface area (Å²) in [4.78, 5) is 12.6. The Labute approximate surface area is 150 Å². The summed E-state index contributed by atoms with van der Waals surface area (Å²) in [5.41, 5.74) is 0.301. The summed E-state index contributed by atoms with van der Waals surface area (Å²) in [5.74, 6) is -0.719. The van der Waals surface area contributed by atoms with Crippen LogP contribution in [0.4, 0.5) is 10.1 Å². The number of anilines is 1. The van der Waals surface area contributed by atoms with Gasteiger partial charge in [0.1, 0.15) is 5.82 Å². The summed E-state index contributed by atoms with van der Waals surface area (Å²) >= 11 is 24.7. The molecular formula is C14H8Cl4FNOS. The lowest BCUT2D eigenvalue weighted by Gasteiger charge is -2.10. The molecule has 22 heavy (non-hydrogen) atoms. The normalized spacial score (nSPS) is 10.6. The third kappa shape index (κ3) is 4.67. The first-order chi connectivity index (χ1) is 10.4. The van der Waals surface area contributed by atoms with E-state index in [0.717, 1.165) is 0 Å². The Morgan fingerprint density at radius 1 is 1.05 bits per heavy atom. The fourth-order valence-corrected chi connectivity index (χ4v) is 3.44. The molecule has 0 aliphatic rings. The van der Waals surface area contributed by atoms with Crippen molar-refractivity contribution in [1.82, 2.24) is 0 Å². The van der Waals surface area contributed by atoms with Gasteiger partial charge in [-0.3, -0.25) is 4.79 Å². The van der Waals surface area contributed by atoms with Gasteiger partial charge in [-0.15, -0.1) is 11.8 Å². The molecular weight excluding hydrogens is 391 g/mol. The summed E-state index contributed by atoms with van der Waals surface area (Å²) in [5, 5.41) is 3.50. The molecule has 0 saturated heterocycles. The first kappa shape index (κ1) is 17.7. The number of rotatable bonds is 4. The van der Waals surface area contributed by atoms with Crippen LogP contribution in [0, 0.1) is 5.82 Å². The Balaban J connectivity index is 2.00. The van der Waals surface area contributed by atoms with E-state index in [1.54, 1.807) is 6.07 Å². The maximum absolute atomic E-state index is 13.0. The molecule has 0 fully saturated rings. The van der Waals surface area contributed by atoms with Crippen molar-refractivity contribution >= 4 is 69.8 Å². The van der Waals surface area contributed by atoms with E-state index >= 15 is 0 Å². The smallest absolute Gasteiger partial charge is 0.234 e. The molecule has 116 valence electrons. The second-order valence-corrected chi connectivity index (χ2v) is 6.86. The SMILES string of the molecule is O=C(CSc1ccc(F)c(Cl)c1)Nc1c(Cl)cc(Cl)cc1Cl. The summed E-state index contributed by atoms with van der Waals surface area (Å²) in [7, 11) is 0. The van der Waals surface area contributed by atoms with Gasteiger partial charge in [-0.2, -0.15) is 0 Å². The van der Waals surface area contributed by atoms with Crippen molar-refractivity contribution in [3.8, 4) is 0 Å². The fourth-order valence-electron chi connectivity index (χ4n) is 1.55. The molecule has 0 heterocycles. The van der Waals surface area contributed by atoms with Gasteiger partial charge in [-0.25, -0.2) is 4.39 Å². The van der Waals surface area contributed by atoms with E-state index < -0.39 is 5.82 Å². The molecule has 0 atom stereocenters. The Hall–Kier alpha value is -0.650. The number of benzene rings is 2. The van der Waals surface area contributed by atoms with Gasteiger partial charge < -0.3 is 5.32 Å². The third-order valence-corrected chi connectivity index (χ3v) is 4.63. The second-order valence-electron chi connectivity index (χ2n) is 4.16. The summed E-state index contributed by atoms with van der Waals surface area (Å²) in [6.07, 6.45) is 0. The number of halogens is 5. The molecule has 0 unspecified atom stereocenters. The molecule has 0 spiro atoms. The minimum absolute atomic E-state index is 0.00852. The van der Waals surface area contributed by atoms with Crippen molar-refractivity contribution in [1.29, 1.82) is 0 Å². The lowest BCUT2D eigenvalue weighted by Crippen LogP contribution is -2.14. The van der Waals surface area contributed by atoms with Crippen LogP contribution in [0.2, 0.25) is 20.1 Å². The molecule has 2 nitrogen and oxygen atoms in total. The van der Waals surface area contributed by atoms with E-state index in [1.165, 1.54) is 36.0 Å². The minimum Gasteiger partial charge on any atom is -0.323 e. The second kappa shape index (κ2) is 7.75. The first-order valence-electron chi connectivity index (χ1n) is 5.89. The van der Waals surface area contributed by atoms with E-state index in [4.69, 9.17) is 46.4 Å². The lowest BCUT2D eigenvalue weighted by atomic mass is 10.3. The molecule has 2 aromatic rings. The zero-order chi connectivity index (χ0) is 16.3. The maximum Gasteiger partial charge on any atom is 0.234 e. The molecule has 1 amide bonds. The van der Waals surface area contributed by atoms with E-state index in [0.29, 0.717) is 15.6 Å². The fraction of sp³-hybridized carbons (Fsp3) is 0.0714. The van der Waals surface area contributed by atoms with Crippen molar-refractivity contribution in [2.45, 2.75) is 4.90 Å². The molecule has 1 N–H and O–H groups in total. The number of hydrogen-bond acceptors (Lipinski definition) is 2. The van der Waals surface area contributed by atoms with Crippen LogP contribution in [0.1, 0.15) is 0 Å². The van der Waals surface area contributed by atoms with Crippen LogP contribution >= 0.6 is 58.2 Å². The molecule has 2 rings (SSSR count). The number of carbonyl (C=O) groups is 1. The van der Waals surface area contributed by atoms with Gasteiger partial charge in [0, 0.05) is 9.92 Å². The molecule has 0 saturated carbocycles. The van der Waals surface area contributed by atoms with Crippen LogP contribution in [0.5, 0.6) is 0 Å². The van der Waals surface area contributed by atoms with Crippen LogP contribution < -0.4 is 5.32 Å². The molecule has 0 aliphatic heterocycles. The number of nitrogens with one attached hydrogen (secondary N) is 1. The monoisotopic (exact) mass is 397 g/mol. The predicted molar refractivity (Wildman–Crippen MR) is 92.2 cm³/mol. The quantitative estimate of drug-likeness (QED) is 0.623. The van der Waals surface area contributed by atoms with E-state index in [1.807, 2.05) is 0 Å². The van der Waals surface area contributed by atoms with Gasteiger partial charge in [0.05, 0.1) is 26.5 Å². The molecule has 0 aliphatic carbocycles.